The number of rotatable bonds is 5. The van der Waals surface area contributed by atoms with E-state index in [0.717, 1.165) is 22.4 Å². The number of hydrogen-bond donors (Lipinski definition) is 0. The molecule has 1 atom stereocenters. The Hall–Kier alpha value is -3.21. The van der Waals surface area contributed by atoms with Gasteiger partial charge in [-0.3, -0.25) is 9.59 Å². The van der Waals surface area contributed by atoms with Crippen molar-refractivity contribution >= 4 is 11.6 Å². The van der Waals surface area contributed by atoms with Crippen LogP contribution in [0.4, 0.5) is 5.69 Å². The second-order valence-electron chi connectivity index (χ2n) is 6.91. The molecular weight excluding hydrogens is 350 g/mol. The van der Waals surface area contributed by atoms with Gasteiger partial charge in [-0.15, -0.1) is 0 Å². The molecule has 3 rings (SSSR count). The number of nitrogens with zero attached hydrogens (tertiary/aromatic N) is 3. The molecule has 0 saturated heterocycles. The smallest absolute Gasteiger partial charge is 0.267 e. The van der Waals surface area contributed by atoms with Crippen LogP contribution >= 0.6 is 0 Å². The Morgan fingerprint density at radius 3 is 2.36 bits per heavy atom. The average Bonchev–Trinajstić information content (AvgIpc) is 2.70. The van der Waals surface area contributed by atoms with Crippen molar-refractivity contribution in [2.24, 2.45) is 0 Å². The van der Waals surface area contributed by atoms with Crippen LogP contribution in [-0.2, 0) is 4.79 Å². The molecule has 3 aromatic rings. The van der Waals surface area contributed by atoms with Crippen LogP contribution in [0.5, 0.6) is 0 Å². The van der Waals surface area contributed by atoms with Gasteiger partial charge in [0.2, 0.25) is 0 Å². The highest BCUT2D eigenvalue weighted by Crippen LogP contribution is 2.23. The minimum absolute atomic E-state index is 0.160. The van der Waals surface area contributed by atoms with Gasteiger partial charge < -0.3 is 4.90 Å². The highest BCUT2D eigenvalue weighted by Gasteiger charge is 2.25. The first-order valence-electron chi connectivity index (χ1n) is 9.46. The van der Waals surface area contributed by atoms with Crippen LogP contribution in [0.15, 0.2) is 65.5 Å². The summed E-state index contributed by atoms with van der Waals surface area (Å²) < 4.78 is 1.28. The molecule has 5 heteroatoms. The van der Waals surface area contributed by atoms with E-state index in [4.69, 9.17) is 0 Å². The molecule has 0 fully saturated rings. The molecule has 144 valence electrons. The third-order valence-corrected chi connectivity index (χ3v) is 4.89. The maximum Gasteiger partial charge on any atom is 0.267 e. The summed E-state index contributed by atoms with van der Waals surface area (Å²) in [6.45, 7) is 8.15. The number of para-hydroxylation sites is 1. The zero-order valence-electron chi connectivity index (χ0n) is 16.7. The molecule has 1 amide bonds. The SMILES string of the molecule is CCN(C(=O)C(C)n1nc(-c2ccc(C)cc2)ccc1=O)c1ccccc1C. The van der Waals surface area contributed by atoms with E-state index >= 15 is 0 Å². The van der Waals surface area contributed by atoms with Gasteiger partial charge in [-0.05, 0) is 45.4 Å². The topological polar surface area (TPSA) is 55.2 Å². The Morgan fingerprint density at radius 1 is 1.04 bits per heavy atom. The lowest BCUT2D eigenvalue weighted by Gasteiger charge is -2.26. The lowest BCUT2D eigenvalue weighted by atomic mass is 10.1. The third-order valence-electron chi connectivity index (χ3n) is 4.89. The molecule has 0 bridgehead atoms. The van der Waals surface area contributed by atoms with Gasteiger partial charge in [0.15, 0.2) is 0 Å². The van der Waals surface area contributed by atoms with Crippen LogP contribution in [0.25, 0.3) is 11.3 Å². The first kappa shape index (κ1) is 19.5. The molecule has 0 N–H and O–H groups in total. The van der Waals surface area contributed by atoms with E-state index in [1.165, 1.54) is 10.7 Å². The Labute approximate surface area is 165 Å². The highest BCUT2D eigenvalue weighted by atomic mass is 16.2. The van der Waals surface area contributed by atoms with E-state index in [0.29, 0.717) is 12.2 Å². The number of amides is 1. The summed E-state index contributed by atoms with van der Waals surface area (Å²) in [5, 5.41) is 4.48. The van der Waals surface area contributed by atoms with Gasteiger partial charge in [-0.1, -0.05) is 48.0 Å². The van der Waals surface area contributed by atoms with Gasteiger partial charge in [0, 0.05) is 23.9 Å². The van der Waals surface area contributed by atoms with Crippen molar-refractivity contribution in [1.82, 2.24) is 9.78 Å². The lowest BCUT2D eigenvalue weighted by molar-refractivity contribution is -0.121. The molecule has 0 aliphatic rings. The van der Waals surface area contributed by atoms with E-state index in [-0.39, 0.29) is 11.5 Å². The average molecular weight is 375 g/mol. The molecule has 0 aliphatic carbocycles. The predicted molar refractivity (Wildman–Crippen MR) is 113 cm³/mol. The molecular formula is C23H25N3O2. The Kier molecular flexibility index (Phi) is 5.73. The minimum Gasteiger partial charge on any atom is -0.311 e. The lowest BCUT2D eigenvalue weighted by Crippen LogP contribution is -2.40. The number of anilines is 1. The van der Waals surface area contributed by atoms with Gasteiger partial charge in [-0.25, -0.2) is 4.68 Å². The van der Waals surface area contributed by atoms with Gasteiger partial charge in [0.25, 0.3) is 11.5 Å². The number of carbonyl (C=O) groups excluding carboxylic acids is 1. The van der Waals surface area contributed by atoms with Crippen molar-refractivity contribution in [2.75, 3.05) is 11.4 Å². The number of likely N-dealkylation sites (N-methyl/N-ethyl adjacent to an activating group) is 1. The summed E-state index contributed by atoms with van der Waals surface area (Å²) in [7, 11) is 0. The van der Waals surface area contributed by atoms with E-state index in [1.54, 1.807) is 17.9 Å². The number of aryl methyl sites for hydroxylation is 2. The fourth-order valence-electron chi connectivity index (χ4n) is 3.22. The van der Waals surface area contributed by atoms with Crippen LogP contribution in [-0.4, -0.2) is 22.2 Å². The summed E-state index contributed by atoms with van der Waals surface area (Å²) in [4.78, 5) is 27.3. The fraction of sp³-hybridized carbons (Fsp3) is 0.261. The first-order chi connectivity index (χ1) is 13.4. The summed E-state index contributed by atoms with van der Waals surface area (Å²) in [6, 6.07) is 18.1. The maximum atomic E-state index is 13.2. The Morgan fingerprint density at radius 2 is 1.71 bits per heavy atom. The quantitative estimate of drug-likeness (QED) is 0.673. The predicted octanol–water partition coefficient (Wildman–Crippen LogP) is 4.14. The zero-order chi connectivity index (χ0) is 20.3. The third kappa shape index (κ3) is 3.88. The number of aromatic nitrogens is 2. The van der Waals surface area contributed by atoms with Gasteiger partial charge >= 0.3 is 0 Å². The van der Waals surface area contributed by atoms with Gasteiger partial charge in [0.05, 0.1) is 5.69 Å². The molecule has 0 aliphatic heterocycles. The molecule has 0 spiro atoms. The Balaban J connectivity index is 1.97. The second-order valence-corrected chi connectivity index (χ2v) is 6.91. The van der Waals surface area contributed by atoms with Crippen molar-refractivity contribution in [2.45, 2.75) is 33.7 Å². The van der Waals surface area contributed by atoms with Crippen molar-refractivity contribution in [3.63, 3.8) is 0 Å². The van der Waals surface area contributed by atoms with E-state index in [1.807, 2.05) is 69.3 Å². The normalized spacial score (nSPS) is 11.9. The monoisotopic (exact) mass is 375 g/mol. The van der Waals surface area contributed by atoms with Crippen molar-refractivity contribution in [1.29, 1.82) is 0 Å². The minimum atomic E-state index is -0.711. The van der Waals surface area contributed by atoms with E-state index in [9.17, 15) is 9.59 Å². The number of carbonyl (C=O) groups is 1. The Bertz CT molecular complexity index is 1040. The fourth-order valence-corrected chi connectivity index (χ4v) is 3.22. The number of hydrogen-bond acceptors (Lipinski definition) is 3. The molecule has 1 heterocycles. The van der Waals surface area contributed by atoms with Crippen LogP contribution in [0, 0.1) is 13.8 Å². The summed E-state index contributed by atoms with van der Waals surface area (Å²) in [5.74, 6) is -0.160. The van der Waals surface area contributed by atoms with Crippen LogP contribution in [0.1, 0.15) is 31.0 Å². The molecule has 28 heavy (non-hydrogen) atoms. The first-order valence-corrected chi connectivity index (χ1v) is 9.46. The molecule has 2 aromatic carbocycles. The van der Waals surface area contributed by atoms with Gasteiger partial charge in [-0.2, -0.15) is 5.10 Å². The number of benzene rings is 2. The van der Waals surface area contributed by atoms with Crippen molar-refractivity contribution < 1.29 is 4.79 Å². The van der Waals surface area contributed by atoms with Crippen molar-refractivity contribution in [3.05, 3.63) is 82.1 Å². The van der Waals surface area contributed by atoms with E-state index < -0.39 is 6.04 Å². The molecule has 0 radical (unpaired) electrons. The second kappa shape index (κ2) is 8.21. The summed E-state index contributed by atoms with van der Waals surface area (Å²) >= 11 is 0. The molecule has 0 saturated carbocycles. The van der Waals surface area contributed by atoms with Crippen LogP contribution in [0.3, 0.4) is 0 Å². The van der Waals surface area contributed by atoms with Crippen LogP contribution in [0.2, 0.25) is 0 Å². The maximum absolute atomic E-state index is 13.2. The van der Waals surface area contributed by atoms with E-state index in [2.05, 4.69) is 5.10 Å². The van der Waals surface area contributed by atoms with Gasteiger partial charge in [0.1, 0.15) is 6.04 Å². The highest BCUT2D eigenvalue weighted by molar-refractivity contribution is 5.96. The molecule has 1 unspecified atom stereocenters. The standard InChI is InChI=1S/C23H25N3O2/c1-5-25(21-9-7-6-8-17(21)3)23(28)18(4)26-22(27)15-14-20(24-26)19-12-10-16(2)11-13-19/h6-15,18H,5H2,1-4H3. The van der Waals surface area contributed by atoms with Crippen molar-refractivity contribution in [3.8, 4) is 11.3 Å². The van der Waals surface area contributed by atoms with Crippen LogP contribution < -0.4 is 10.5 Å². The molecule has 1 aromatic heterocycles. The summed E-state index contributed by atoms with van der Waals surface area (Å²) in [5.41, 5.74) is 4.29. The largest absolute Gasteiger partial charge is 0.311 e. The molecule has 5 nitrogen and oxygen atoms in total. The summed E-state index contributed by atoms with van der Waals surface area (Å²) in [6.07, 6.45) is 0. The zero-order valence-corrected chi connectivity index (χ0v) is 16.7.